The molecule has 0 bridgehead atoms. The number of esters is 3. The number of carbonyl (C=O) groups excluding carboxylic acids is 3. The van der Waals surface area contributed by atoms with Crippen molar-refractivity contribution in [2.45, 2.75) is 12.8 Å². The standard InChI is InChI=1S/C38H29FO6/c1-4-35(40)43-32-19-15-29(16-20-32)28-13-11-26(12-14-28)9-10-27-24-31(8-7-23-39)38(34(25-27)45-37(42)6-3)30-17-21-33(22-18-30)44-36(41)5-2/h4-6,11-22,24-25H,1-3,7-8,23H2. The monoisotopic (exact) mass is 600 g/mol. The van der Waals surface area contributed by atoms with E-state index in [1.54, 1.807) is 42.5 Å². The van der Waals surface area contributed by atoms with Crippen LogP contribution >= 0.6 is 0 Å². The highest BCUT2D eigenvalue weighted by Crippen LogP contribution is 2.37. The van der Waals surface area contributed by atoms with Crippen LogP contribution in [0, 0.1) is 11.8 Å². The van der Waals surface area contributed by atoms with Crippen LogP contribution in [0.5, 0.6) is 17.2 Å². The van der Waals surface area contributed by atoms with Crippen LogP contribution in [0.15, 0.2) is 123 Å². The number of ether oxygens (including phenoxy) is 3. The Morgan fingerprint density at radius 1 is 0.622 bits per heavy atom. The van der Waals surface area contributed by atoms with Gasteiger partial charge in [-0.25, -0.2) is 14.4 Å². The summed E-state index contributed by atoms with van der Waals surface area (Å²) in [7, 11) is 0. The van der Waals surface area contributed by atoms with E-state index in [9.17, 15) is 18.8 Å². The van der Waals surface area contributed by atoms with Gasteiger partial charge in [0.1, 0.15) is 17.2 Å². The average molecular weight is 601 g/mol. The summed E-state index contributed by atoms with van der Waals surface area (Å²) < 4.78 is 29.2. The predicted molar refractivity (Wildman–Crippen MR) is 172 cm³/mol. The molecule has 4 rings (SSSR count). The van der Waals surface area contributed by atoms with Crippen LogP contribution in [0.1, 0.15) is 23.1 Å². The molecule has 0 radical (unpaired) electrons. The zero-order valence-electron chi connectivity index (χ0n) is 24.4. The maximum Gasteiger partial charge on any atom is 0.335 e. The Morgan fingerprint density at radius 3 is 1.60 bits per heavy atom. The molecule has 0 aliphatic heterocycles. The number of benzene rings is 4. The molecule has 4 aromatic rings. The smallest absolute Gasteiger partial charge is 0.335 e. The number of aryl methyl sites for hydroxylation is 1. The number of hydrogen-bond donors (Lipinski definition) is 0. The van der Waals surface area contributed by atoms with Gasteiger partial charge < -0.3 is 14.2 Å². The van der Waals surface area contributed by atoms with Crippen molar-refractivity contribution in [1.29, 1.82) is 0 Å². The molecule has 45 heavy (non-hydrogen) atoms. The minimum atomic E-state index is -0.656. The fourth-order valence-corrected chi connectivity index (χ4v) is 4.37. The van der Waals surface area contributed by atoms with Crippen LogP contribution in [0.2, 0.25) is 0 Å². The topological polar surface area (TPSA) is 78.9 Å². The SMILES string of the molecule is C=CC(=O)Oc1ccc(-c2ccc(C#Cc3cc(CCCF)c(-c4ccc(OC(=O)C=C)cc4)c(OC(=O)C=C)c3)cc2)cc1. The second kappa shape index (κ2) is 15.5. The Kier molecular flexibility index (Phi) is 11.0. The first-order valence-electron chi connectivity index (χ1n) is 13.9. The Morgan fingerprint density at radius 2 is 1.09 bits per heavy atom. The molecule has 0 aromatic heterocycles. The van der Waals surface area contributed by atoms with E-state index in [0.717, 1.165) is 40.5 Å². The molecule has 6 nitrogen and oxygen atoms in total. The van der Waals surface area contributed by atoms with Crippen LogP contribution in [-0.4, -0.2) is 24.6 Å². The fraction of sp³-hybridized carbons (Fsp3) is 0.0789. The van der Waals surface area contributed by atoms with Crippen molar-refractivity contribution in [3.63, 3.8) is 0 Å². The number of carbonyl (C=O) groups is 3. The quantitative estimate of drug-likeness (QED) is 0.0764. The van der Waals surface area contributed by atoms with E-state index in [1.165, 1.54) is 0 Å². The molecule has 0 heterocycles. The van der Waals surface area contributed by atoms with Crippen LogP contribution in [0.4, 0.5) is 4.39 Å². The third-order valence-electron chi connectivity index (χ3n) is 6.48. The largest absolute Gasteiger partial charge is 0.423 e. The zero-order chi connectivity index (χ0) is 32.2. The highest BCUT2D eigenvalue weighted by molar-refractivity contribution is 5.87. The lowest BCUT2D eigenvalue weighted by molar-refractivity contribution is -0.129. The van der Waals surface area contributed by atoms with E-state index >= 15 is 0 Å². The van der Waals surface area contributed by atoms with Gasteiger partial charge in [0.05, 0.1) is 6.67 Å². The van der Waals surface area contributed by atoms with Crippen molar-refractivity contribution in [2.75, 3.05) is 6.67 Å². The molecular formula is C38H29FO6. The molecule has 0 fully saturated rings. The summed E-state index contributed by atoms with van der Waals surface area (Å²) in [6, 6.07) is 24.9. The lowest BCUT2D eigenvalue weighted by Gasteiger charge is -2.16. The number of hydrogen-bond acceptors (Lipinski definition) is 6. The highest BCUT2D eigenvalue weighted by atomic mass is 19.1. The fourth-order valence-electron chi connectivity index (χ4n) is 4.37. The van der Waals surface area contributed by atoms with Gasteiger partial charge in [0.25, 0.3) is 0 Å². The van der Waals surface area contributed by atoms with Crippen molar-refractivity contribution < 1.29 is 33.0 Å². The van der Waals surface area contributed by atoms with Crippen molar-refractivity contribution in [3.8, 4) is 51.3 Å². The van der Waals surface area contributed by atoms with Gasteiger partial charge in [0.15, 0.2) is 0 Å². The lowest BCUT2D eigenvalue weighted by Crippen LogP contribution is -2.07. The van der Waals surface area contributed by atoms with E-state index in [0.29, 0.717) is 34.6 Å². The van der Waals surface area contributed by atoms with Gasteiger partial charge in [-0.15, -0.1) is 0 Å². The second-order valence-corrected chi connectivity index (χ2v) is 9.55. The number of rotatable bonds is 11. The lowest BCUT2D eigenvalue weighted by atomic mass is 9.93. The van der Waals surface area contributed by atoms with Crippen LogP contribution in [-0.2, 0) is 20.8 Å². The maximum atomic E-state index is 13.3. The Labute approximate surface area is 261 Å². The molecule has 0 aliphatic carbocycles. The minimum absolute atomic E-state index is 0.244. The van der Waals surface area contributed by atoms with Crippen molar-refractivity contribution >= 4 is 17.9 Å². The summed E-state index contributed by atoms with van der Waals surface area (Å²) in [5.41, 5.74) is 5.21. The first-order chi connectivity index (χ1) is 21.8. The third kappa shape index (κ3) is 8.76. The van der Waals surface area contributed by atoms with E-state index < -0.39 is 24.6 Å². The van der Waals surface area contributed by atoms with E-state index in [4.69, 9.17) is 14.2 Å². The highest BCUT2D eigenvalue weighted by Gasteiger charge is 2.17. The number of halogens is 1. The van der Waals surface area contributed by atoms with E-state index in [1.807, 2.05) is 42.5 Å². The molecule has 0 unspecified atom stereocenters. The first kappa shape index (κ1) is 31.9. The molecule has 224 valence electrons. The molecule has 7 heteroatoms. The summed E-state index contributed by atoms with van der Waals surface area (Å²) in [5, 5.41) is 0. The van der Waals surface area contributed by atoms with E-state index in [2.05, 4.69) is 31.6 Å². The van der Waals surface area contributed by atoms with Crippen LogP contribution in [0.3, 0.4) is 0 Å². The summed E-state index contributed by atoms with van der Waals surface area (Å²) >= 11 is 0. The van der Waals surface area contributed by atoms with Crippen molar-refractivity contribution in [2.24, 2.45) is 0 Å². The molecular weight excluding hydrogens is 571 g/mol. The number of alkyl halides is 1. The molecule has 0 aliphatic rings. The normalized spacial score (nSPS) is 10.1. The predicted octanol–water partition coefficient (Wildman–Crippen LogP) is 7.60. The molecule has 0 atom stereocenters. The van der Waals surface area contributed by atoms with Gasteiger partial charge in [0, 0.05) is 34.9 Å². The van der Waals surface area contributed by atoms with E-state index in [-0.39, 0.29) is 12.2 Å². The van der Waals surface area contributed by atoms with Gasteiger partial charge in [-0.2, -0.15) is 0 Å². The molecule has 0 saturated carbocycles. The molecule has 0 spiro atoms. The summed E-state index contributed by atoms with van der Waals surface area (Å²) in [5.74, 6) is 5.48. The van der Waals surface area contributed by atoms with Gasteiger partial charge in [-0.3, -0.25) is 4.39 Å². The van der Waals surface area contributed by atoms with Crippen LogP contribution < -0.4 is 14.2 Å². The maximum absolute atomic E-state index is 13.3. The Bertz CT molecular complexity index is 1790. The van der Waals surface area contributed by atoms with Gasteiger partial charge >= 0.3 is 17.9 Å². The first-order valence-corrected chi connectivity index (χ1v) is 13.9. The van der Waals surface area contributed by atoms with Gasteiger partial charge in [-0.05, 0) is 83.6 Å². The zero-order valence-corrected chi connectivity index (χ0v) is 24.4. The Balaban J connectivity index is 1.65. The molecule has 0 N–H and O–H groups in total. The molecule has 0 amide bonds. The summed E-state index contributed by atoms with van der Waals surface area (Å²) in [6.07, 6.45) is 3.85. The van der Waals surface area contributed by atoms with Crippen LogP contribution in [0.25, 0.3) is 22.3 Å². The molecule has 0 saturated heterocycles. The van der Waals surface area contributed by atoms with Gasteiger partial charge in [-0.1, -0.05) is 68.0 Å². The minimum Gasteiger partial charge on any atom is -0.423 e. The third-order valence-corrected chi connectivity index (χ3v) is 6.48. The summed E-state index contributed by atoms with van der Waals surface area (Å²) in [6.45, 7) is 9.75. The summed E-state index contributed by atoms with van der Waals surface area (Å²) in [4.78, 5) is 35.3. The van der Waals surface area contributed by atoms with Gasteiger partial charge in [0.2, 0.25) is 0 Å². The molecule has 4 aromatic carbocycles. The van der Waals surface area contributed by atoms with Crippen molar-refractivity contribution in [3.05, 3.63) is 140 Å². The Hall–Kier alpha value is -6.00. The van der Waals surface area contributed by atoms with Crippen molar-refractivity contribution in [1.82, 2.24) is 0 Å². The second-order valence-electron chi connectivity index (χ2n) is 9.55. The average Bonchev–Trinajstić information content (AvgIpc) is 3.07.